The number of hydrogen-bond acceptors (Lipinski definition) is 3. The third-order valence-corrected chi connectivity index (χ3v) is 6.30. The van der Waals surface area contributed by atoms with E-state index in [1.807, 2.05) is 49.4 Å². The topological polar surface area (TPSA) is 78.5 Å². The molecule has 1 aliphatic heterocycles. The van der Waals surface area contributed by atoms with Gasteiger partial charge >= 0.3 is 6.03 Å². The number of imide groups is 1. The molecule has 4 amide bonds. The minimum absolute atomic E-state index is 0.330. The monoisotopic (exact) mass is 425 g/mol. The molecule has 2 aliphatic rings. The van der Waals surface area contributed by atoms with Crippen LogP contribution >= 0.6 is 11.6 Å². The van der Waals surface area contributed by atoms with Crippen LogP contribution in [0.5, 0.6) is 0 Å². The highest BCUT2D eigenvalue weighted by molar-refractivity contribution is 6.31. The summed E-state index contributed by atoms with van der Waals surface area (Å²) in [5.41, 5.74) is 1.60. The number of nitrogens with one attached hydrogen (secondary N) is 2. The Balaban J connectivity index is 1.53. The van der Waals surface area contributed by atoms with E-state index in [0.717, 1.165) is 40.9 Å². The Kier molecular flexibility index (Phi) is 5.52. The van der Waals surface area contributed by atoms with Gasteiger partial charge in [0.2, 0.25) is 5.91 Å². The number of amides is 4. The van der Waals surface area contributed by atoms with Crippen LogP contribution in [0.15, 0.2) is 48.5 Å². The van der Waals surface area contributed by atoms with Crippen molar-refractivity contribution in [1.29, 1.82) is 0 Å². The van der Waals surface area contributed by atoms with Gasteiger partial charge in [-0.3, -0.25) is 14.5 Å². The van der Waals surface area contributed by atoms with Gasteiger partial charge in [0.1, 0.15) is 12.1 Å². The van der Waals surface area contributed by atoms with E-state index >= 15 is 0 Å². The number of benzene rings is 2. The van der Waals surface area contributed by atoms with E-state index in [9.17, 15) is 14.4 Å². The third-order valence-electron chi connectivity index (χ3n) is 5.95. The molecule has 2 aromatic carbocycles. The quantitative estimate of drug-likeness (QED) is 0.733. The minimum Gasteiger partial charge on any atom is -0.348 e. The Morgan fingerprint density at radius 1 is 1.17 bits per heavy atom. The van der Waals surface area contributed by atoms with Crippen LogP contribution in [0.4, 0.5) is 4.79 Å². The molecule has 30 heavy (non-hydrogen) atoms. The Bertz CT molecular complexity index is 1010. The Labute approximate surface area is 180 Å². The van der Waals surface area contributed by atoms with Crippen LogP contribution in [-0.4, -0.2) is 29.3 Å². The lowest BCUT2D eigenvalue weighted by Crippen LogP contribution is -2.45. The molecule has 2 aromatic rings. The van der Waals surface area contributed by atoms with Crippen molar-refractivity contribution in [2.75, 3.05) is 6.54 Å². The van der Waals surface area contributed by atoms with E-state index in [0.29, 0.717) is 11.4 Å². The van der Waals surface area contributed by atoms with E-state index in [4.69, 9.17) is 11.6 Å². The number of fused-ring (bicyclic) bond motifs is 2. The summed E-state index contributed by atoms with van der Waals surface area (Å²) >= 11 is 6.20. The van der Waals surface area contributed by atoms with Crippen molar-refractivity contribution in [3.63, 3.8) is 0 Å². The fourth-order valence-corrected chi connectivity index (χ4v) is 4.75. The van der Waals surface area contributed by atoms with Crippen LogP contribution in [0.2, 0.25) is 5.02 Å². The lowest BCUT2D eigenvalue weighted by Gasteiger charge is -2.27. The van der Waals surface area contributed by atoms with Gasteiger partial charge in [-0.2, -0.15) is 0 Å². The lowest BCUT2D eigenvalue weighted by atomic mass is 9.84. The van der Waals surface area contributed by atoms with Crippen molar-refractivity contribution >= 4 is 29.4 Å². The summed E-state index contributed by atoms with van der Waals surface area (Å²) in [6, 6.07) is 14.1. The lowest BCUT2D eigenvalue weighted by molar-refractivity contribution is -0.135. The first-order chi connectivity index (χ1) is 14.4. The number of carbonyl (C=O) groups excluding carboxylic acids is 3. The maximum atomic E-state index is 13.4. The van der Waals surface area contributed by atoms with Crippen molar-refractivity contribution < 1.29 is 14.4 Å². The highest BCUT2D eigenvalue weighted by Crippen LogP contribution is 2.38. The largest absolute Gasteiger partial charge is 0.348 e. The molecule has 0 saturated carbocycles. The number of halogens is 1. The zero-order valence-corrected chi connectivity index (χ0v) is 17.5. The van der Waals surface area contributed by atoms with Gasteiger partial charge in [0, 0.05) is 5.02 Å². The summed E-state index contributed by atoms with van der Waals surface area (Å²) in [5, 5.41) is 6.28. The van der Waals surface area contributed by atoms with Gasteiger partial charge in [-0.1, -0.05) is 54.1 Å². The number of urea groups is 1. The van der Waals surface area contributed by atoms with Crippen LogP contribution < -0.4 is 10.6 Å². The third kappa shape index (κ3) is 3.56. The first kappa shape index (κ1) is 20.4. The maximum Gasteiger partial charge on any atom is 0.325 e. The molecule has 156 valence electrons. The van der Waals surface area contributed by atoms with Gasteiger partial charge in [-0.15, -0.1) is 0 Å². The molecule has 1 spiro atoms. The number of hydrogen-bond donors (Lipinski definition) is 2. The van der Waals surface area contributed by atoms with Gasteiger partial charge in [0.25, 0.3) is 5.91 Å². The molecule has 2 N–H and O–H groups in total. The van der Waals surface area contributed by atoms with E-state index in [-0.39, 0.29) is 18.5 Å². The Hall–Kier alpha value is -2.86. The Morgan fingerprint density at radius 2 is 1.90 bits per heavy atom. The van der Waals surface area contributed by atoms with E-state index < -0.39 is 17.5 Å². The summed E-state index contributed by atoms with van der Waals surface area (Å²) in [6.45, 7) is 1.48. The van der Waals surface area contributed by atoms with E-state index in [2.05, 4.69) is 10.6 Å². The van der Waals surface area contributed by atoms with Crippen LogP contribution in [0.1, 0.15) is 48.9 Å². The molecule has 1 saturated heterocycles. The zero-order chi connectivity index (χ0) is 21.3. The molecule has 7 heteroatoms. The molecule has 1 heterocycles. The first-order valence-electron chi connectivity index (χ1n) is 10.2. The molecular weight excluding hydrogens is 402 g/mol. The molecule has 0 bridgehead atoms. The molecule has 1 fully saturated rings. The number of nitrogens with zero attached hydrogens (tertiary/aromatic N) is 1. The first-order valence-corrected chi connectivity index (χ1v) is 10.6. The summed E-state index contributed by atoms with van der Waals surface area (Å²) < 4.78 is 0. The van der Waals surface area contributed by atoms with Crippen molar-refractivity contribution in [3.8, 4) is 0 Å². The van der Waals surface area contributed by atoms with E-state index in [1.54, 1.807) is 6.07 Å². The molecule has 0 radical (unpaired) electrons. The number of carbonyl (C=O) groups is 3. The molecule has 6 nitrogen and oxygen atoms in total. The second-order valence-electron chi connectivity index (χ2n) is 7.90. The molecule has 4 rings (SSSR count). The Morgan fingerprint density at radius 3 is 2.70 bits per heavy atom. The summed E-state index contributed by atoms with van der Waals surface area (Å²) in [7, 11) is 0. The van der Waals surface area contributed by atoms with Crippen molar-refractivity contribution in [2.24, 2.45) is 0 Å². The van der Waals surface area contributed by atoms with Gasteiger partial charge in [0.05, 0.1) is 6.04 Å². The normalized spacial score (nSPS) is 21.7. The minimum atomic E-state index is -1.08. The second-order valence-corrected chi connectivity index (χ2v) is 8.31. The standard InChI is InChI=1S/C23H24ClN3O3/c1-15(17-10-3-5-12-19(17)24)25-20(28)14-27-21(29)23(26-22(27)30)13-7-6-9-16-8-2-4-11-18(16)23/h2-5,8,10-12,15H,6-7,9,13-14H2,1H3,(H,25,28)(H,26,30)/t15-,23-/m0/s1. The van der Waals surface area contributed by atoms with Crippen LogP contribution in [0.25, 0.3) is 0 Å². The molecule has 0 aromatic heterocycles. The van der Waals surface area contributed by atoms with Crippen molar-refractivity contribution in [1.82, 2.24) is 15.5 Å². The highest BCUT2D eigenvalue weighted by atomic mass is 35.5. The van der Waals surface area contributed by atoms with Crippen molar-refractivity contribution in [2.45, 2.75) is 44.2 Å². The number of rotatable bonds is 4. The van der Waals surface area contributed by atoms with Crippen LogP contribution in [0.3, 0.4) is 0 Å². The van der Waals surface area contributed by atoms with Gasteiger partial charge in [-0.25, -0.2) is 4.79 Å². The van der Waals surface area contributed by atoms with Gasteiger partial charge in [0.15, 0.2) is 0 Å². The fraction of sp³-hybridized carbons (Fsp3) is 0.348. The predicted molar refractivity (Wildman–Crippen MR) is 114 cm³/mol. The fourth-order valence-electron chi connectivity index (χ4n) is 4.45. The SMILES string of the molecule is C[C@H](NC(=O)CN1C(=O)N[C@]2(CCCCc3ccccc32)C1=O)c1ccccc1Cl. The summed E-state index contributed by atoms with van der Waals surface area (Å²) in [6.07, 6.45) is 3.18. The predicted octanol–water partition coefficient (Wildman–Crippen LogP) is 3.69. The molecule has 2 atom stereocenters. The summed E-state index contributed by atoms with van der Waals surface area (Å²) in [4.78, 5) is 39.8. The molecule has 1 aliphatic carbocycles. The molecule has 0 unspecified atom stereocenters. The van der Waals surface area contributed by atoms with E-state index in [1.165, 1.54) is 0 Å². The average molecular weight is 426 g/mol. The zero-order valence-electron chi connectivity index (χ0n) is 16.8. The van der Waals surface area contributed by atoms with Crippen LogP contribution in [-0.2, 0) is 21.5 Å². The van der Waals surface area contributed by atoms with Crippen LogP contribution in [0, 0.1) is 0 Å². The number of aryl methyl sites for hydroxylation is 1. The smallest absolute Gasteiger partial charge is 0.325 e. The maximum absolute atomic E-state index is 13.4. The summed E-state index contributed by atoms with van der Waals surface area (Å²) in [5.74, 6) is -0.771. The highest BCUT2D eigenvalue weighted by Gasteiger charge is 2.53. The van der Waals surface area contributed by atoms with Gasteiger partial charge in [-0.05, 0) is 55.4 Å². The second kappa shape index (κ2) is 8.11. The van der Waals surface area contributed by atoms with Crippen molar-refractivity contribution in [3.05, 3.63) is 70.2 Å². The average Bonchev–Trinajstić information content (AvgIpc) is 2.87. The van der Waals surface area contributed by atoms with Gasteiger partial charge < -0.3 is 10.6 Å². The molecular formula is C23H24ClN3O3.